The van der Waals surface area contributed by atoms with Crippen LogP contribution in [0.15, 0.2) is 78.4 Å². The molecule has 0 spiro atoms. The monoisotopic (exact) mass is 1110 g/mol. The van der Waals surface area contributed by atoms with Gasteiger partial charge in [-0.25, -0.2) is 14.4 Å². The van der Waals surface area contributed by atoms with E-state index in [0.29, 0.717) is 55.0 Å². The summed E-state index contributed by atoms with van der Waals surface area (Å²) in [5.74, 6) is -4.78. The number of carbonyl (C=O) groups excluding carboxylic acids is 4. The van der Waals surface area contributed by atoms with E-state index in [4.69, 9.17) is 26.4 Å². The summed E-state index contributed by atoms with van der Waals surface area (Å²) >= 11 is 6.92. The largest absolute Gasteiger partial charge is 0.494 e. The number of anilines is 2. The fourth-order valence-electron chi connectivity index (χ4n) is 8.75. The van der Waals surface area contributed by atoms with Crippen molar-refractivity contribution in [3.63, 3.8) is 0 Å². The maximum Gasteiger partial charge on any atom is 0.421 e. The molecule has 24 heteroatoms. The number of benzene rings is 3. The van der Waals surface area contributed by atoms with Crippen molar-refractivity contribution < 1.29 is 64.1 Å². The van der Waals surface area contributed by atoms with Gasteiger partial charge >= 0.3 is 12.4 Å². The second-order valence-electron chi connectivity index (χ2n) is 19.7. The number of ether oxygens (including phenoxy) is 3. The molecule has 4 heterocycles. The fourth-order valence-corrected chi connectivity index (χ4v) is 10.1. The highest BCUT2D eigenvalue weighted by atomic mass is 32.1. The van der Waals surface area contributed by atoms with Gasteiger partial charge in [-0.2, -0.15) is 31.6 Å². The first-order chi connectivity index (χ1) is 36.2. The number of likely N-dealkylation sites (tertiary alicyclic amines) is 1. The van der Waals surface area contributed by atoms with Gasteiger partial charge in [0.25, 0.3) is 5.91 Å². The predicted molar refractivity (Wildman–Crippen MR) is 274 cm³/mol. The molecule has 0 saturated carbocycles. The topological polar surface area (TPSA) is 179 Å². The summed E-state index contributed by atoms with van der Waals surface area (Å²) in [5.41, 5.74) is -3.63. The molecule has 77 heavy (non-hydrogen) atoms. The van der Waals surface area contributed by atoms with Crippen molar-refractivity contribution in [3.8, 4) is 33.9 Å². The molecular weight excluding hydrogens is 1060 g/mol. The van der Waals surface area contributed by atoms with Crippen LogP contribution in [0, 0.1) is 29.5 Å². The van der Waals surface area contributed by atoms with Crippen molar-refractivity contribution in [1.82, 2.24) is 25.5 Å². The lowest BCUT2D eigenvalue weighted by Gasteiger charge is -2.35. The number of unbranched alkanes of at least 4 members (excludes halogenated alkanes) is 1. The number of nitrogens with zero attached hydrogens (tertiary/aromatic N) is 6. The van der Waals surface area contributed by atoms with Crippen LogP contribution in [0.1, 0.15) is 88.2 Å². The van der Waals surface area contributed by atoms with Crippen molar-refractivity contribution in [2.75, 3.05) is 36.2 Å². The van der Waals surface area contributed by atoms with E-state index in [1.165, 1.54) is 49.1 Å². The number of rotatable bonds is 18. The van der Waals surface area contributed by atoms with E-state index in [1.807, 2.05) is 52.0 Å². The Morgan fingerprint density at radius 3 is 2.25 bits per heavy atom. The van der Waals surface area contributed by atoms with Gasteiger partial charge in [0.1, 0.15) is 46.9 Å². The van der Waals surface area contributed by atoms with Crippen LogP contribution in [0.5, 0.6) is 17.4 Å². The molecule has 2 aromatic heterocycles. The van der Waals surface area contributed by atoms with Gasteiger partial charge in [-0.1, -0.05) is 45.0 Å². The van der Waals surface area contributed by atoms with E-state index in [0.717, 1.165) is 38.9 Å². The Labute approximate surface area is 448 Å². The Bertz CT molecular complexity index is 3070. The maximum absolute atomic E-state index is 15.5. The van der Waals surface area contributed by atoms with E-state index >= 15 is 4.39 Å². The van der Waals surface area contributed by atoms with Gasteiger partial charge in [0, 0.05) is 19.7 Å². The van der Waals surface area contributed by atoms with Crippen molar-refractivity contribution in [2.24, 2.45) is 5.41 Å². The molecule has 2 atom stereocenters. The molecule has 2 saturated heterocycles. The molecule has 2 N–H and O–H groups in total. The van der Waals surface area contributed by atoms with E-state index < -0.39 is 92.1 Å². The van der Waals surface area contributed by atoms with E-state index in [1.54, 1.807) is 16.8 Å². The second kappa shape index (κ2) is 23.2. The first kappa shape index (κ1) is 57.5. The Morgan fingerprint density at radius 2 is 1.62 bits per heavy atom. The number of aryl methyl sites for hydroxylation is 1. The molecule has 5 aromatic rings. The van der Waals surface area contributed by atoms with Crippen LogP contribution in [0.2, 0.25) is 0 Å². The van der Waals surface area contributed by atoms with Crippen LogP contribution >= 0.6 is 23.6 Å². The quantitative estimate of drug-likeness (QED) is 0.0483. The molecule has 15 nitrogen and oxygen atoms in total. The summed E-state index contributed by atoms with van der Waals surface area (Å²) in [7, 11) is 0. The Kier molecular flexibility index (Phi) is 17.3. The Balaban J connectivity index is 0.869. The smallest absolute Gasteiger partial charge is 0.421 e. The minimum atomic E-state index is -5.34. The number of hydrogen-bond acceptors (Lipinski definition) is 12. The van der Waals surface area contributed by atoms with E-state index in [9.17, 15) is 50.8 Å². The molecule has 1 unspecified atom stereocenters. The average molecular weight is 1110 g/mol. The number of alkyl halides is 6. The highest BCUT2D eigenvalue weighted by Gasteiger charge is 2.53. The number of aromatic nitrogens is 2. The Hall–Kier alpha value is -7.23. The summed E-state index contributed by atoms with van der Waals surface area (Å²) in [6.45, 7) is 10.6. The molecule has 2 aliphatic rings. The van der Waals surface area contributed by atoms with Gasteiger partial charge in [-0.05, 0) is 118 Å². The number of thiocarbonyl (C=S) groups is 1. The minimum absolute atomic E-state index is 0.0673. The maximum atomic E-state index is 15.5. The van der Waals surface area contributed by atoms with Gasteiger partial charge in [-0.15, -0.1) is 11.3 Å². The normalized spacial score (nSPS) is 16.1. The van der Waals surface area contributed by atoms with Crippen LogP contribution in [-0.2, 0) is 42.8 Å². The van der Waals surface area contributed by atoms with Gasteiger partial charge in [0.05, 0.1) is 51.9 Å². The highest BCUT2D eigenvalue weighted by Crippen LogP contribution is 2.45. The predicted octanol–water partition coefficient (Wildman–Crippen LogP) is 10.3. The Morgan fingerprint density at radius 1 is 0.948 bits per heavy atom. The van der Waals surface area contributed by atoms with Gasteiger partial charge in [0.2, 0.25) is 23.6 Å². The van der Waals surface area contributed by atoms with Crippen LogP contribution in [0.4, 0.5) is 42.1 Å². The summed E-state index contributed by atoms with van der Waals surface area (Å²) in [4.78, 5) is 66.2. The average Bonchev–Trinajstić information content (AvgIpc) is 4.19. The molecule has 0 bridgehead atoms. The van der Waals surface area contributed by atoms with Crippen LogP contribution in [0.3, 0.4) is 0 Å². The molecule has 0 aliphatic carbocycles. The molecular formula is C53H53F7N8O7S2. The van der Waals surface area contributed by atoms with Crippen LogP contribution in [0.25, 0.3) is 10.4 Å². The molecule has 4 amide bonds. The molecule has 3 aromatic carbocycles. The van der Waals surface area contributed by atoms with Gasteiger partial charge in [0.15, 0.2) is 10.9 Å². The molecule has 2 fully saturated rings. The molecule has 2 aliphatic heterocycles. The number of halogens is 7. The third kappa shape index (κ3) is 13.0. The molecule has 7 rings (SSSR count). The van der Waals surface area contributed by atoms with Crippen molar-refractivity contribution in [2.45, 2.75) is 104 Å². The minimum Gasteiger partial charge on any atom is -0.494 e. The zero-order chi connectivity index (χ0) is 56.2. The van der Waals surface area contributed by atoms with E-state index in [-0.39, 0.29) is 43.9 Å². The molecule has 0 radical (unpaired) electrons. The standard InChI is InChI=1S/C53H53F7N8O7S2/c1-30-43(77-29-64-30)32-13-11-31(12-14-32)26-62-45(70)39-10-9-21-66(39)47(71)44(50(2,3)4)65-40(69)28-73-22-7-8-23-74-35-16-18-36(19-17-35)75-46-37(52(55,56)57)24-34(27-63-46)68-49(76)67(48(72)51(68,5)6)38-20-15-33(25-61)41(42(38)54)53(58,59)60/h11-20,24,27,29,39,44H,7-10,21-23,26,28H2,1-6H3,(H,62,70)(H,65,69)/t39-,44?/m0/s1. The summed E-state index contributed by atoms with van der Waals surface area (Å²) in [6, 6.07) is 15.1. The number of hydrogen-bond donors (Lipinski definition) is 2. The van der Waals surface area contributed by atoms with Crippen LogP contribution in [-0.4, -0.2) is 87.6 Å². The second-order valence-corrected chi connectivity index (χ2v) is 20.9. The number of nitrogens with one attached hydrogen (secondary N) is 2. The lowest BCUT2D eigenvalue weighted by Crippen LogP contribution is -2.58. The third-order valence-electron chi connectivity index (χ3n) is 12.7. The SMILES string of the molecule is Cc1ncsc1-c1ccc(CNC(=O)[C@@H]2CCCN2C(=O)C(NC(=O)COCCCCOc2ccc(Oc3ncc(N4C(=S)N(c5ccc(C#N)c(C(F)(F)F)c5F)C(=O)C4(C)C)cc3C(F)(F)F)cc2)C(C)(C)C)cc1. The van der Waals surface area contributed by atoms with Crippen molar-refractivity contribution in [3.05, 3.63) is 112 Å². The number of nitriles is 1. The zero-order valence-corrected chi connectivity index (χ0v) is 44.2. The lowest BCUT2D eigenvalue weighted by molar-refractivity contribution is -0.144. The van der Waals surface area contributed by atoms with Crippen LogP contribution < -0.4 is 29.9 Å². The van der Waals surface area contributed by atoms with Crippen molar-refractivity contribution >= 4 is 63.7 Å². The van der Waals surface area contributed by atoms with Gasteiger partial charge < -0.3 is 34.6 Å². The lowest BCUT2D eigenvalue weighted by atomic mass is 9.85. The number of carbonyl (C=O) groups is 4. The third-order valence-corrected chi connectivity index (χ3v) is 14.1. The van der Waals surface area contributed by atoms with Gasteiger partial charge in [-0.3, -0.25) is 24.1 Å². The highest BCUT2D eigenvalue weighted by molar-refractivity contribution is 7.81. The van der Waals surface area contributed by atoms with Crippen molar-refractivity contribution in [1.29, 1.82) is 5.26 Å². The zero-order valence-electron chi connectivity index (χ0n) is 42.5. The number of amides is 4. The summed E-state index contributed by atoms with van der Waals surface area (Å²) < 4.78 is 117. The summed E-state index contributed by atoms with van der Waals surface area (Å²) in [6.07, 6.45) is -7.43. The first-order valence-electron chi connectivity index (χ1n) is 24.1. The molecule has 408 valence electrons. The summed E-state index contributed by atoms with van der Waals surface area (Å²) in [5, 5.41) is 14.3. The fraction of sp³-hybridized carbons (Fsp3) is 0.396. The number of thiazole rings is 1. The van der Waals surface area contributed by atoms with E-state index in [2.05, 4.69) is 20.6 Å². The first-order valence-corrected chi connectivity index (χ1v) is 25.4. The number of pyridine rings is 1.